The number of para-hydroxylation sites is 1. The molecule has 3 rings (SSSR count). The van der Waals surface area contributed by atoms with Crippen LogP contribution in [-0.2, 0) is 17.8 Å². The highest BCUT2D eigenvalue weighted by molar-refractivity contribution is 5.93. The van der Waals surface area contributed by atoms with E-state index in [0.717, 1.165) is 35.6 Å². The van der Waals surface area contributed by atoms with Crippen LogP contribution in [0.25, 0.3) is 0 Å². The van der Waals surface area contributed by atoms with Crippen LogP contribution in [0.2, 0.25) is 0 Å². The van der Waals surface area contributed by atoms with Crippen molar-refractivity contribution in [3.8, 4) is 5.75 Å². The molecule has 0 aliphatic rings. The van der Waals surface area contributed by atoms with Gasteiger partial charge in [-0.15, -0.1) is 0 Å². The van der Waals surface area contributed by atoms with E-state index in [2.05, 4.69) is 55.2 Å². The monoisotopic (exact) mass is 622 g/mol. The Morgan fingerprint density at radius 1 is 0.780 bits per heavy atom. The first-order valence-corrected chi connectivity index (χ1v) is 15.6. The van der Waals surface area contributed by atoms with Crippen molar-refractivity contribution in [1.29, 1.82) is 0 Å². The number of nitrogens with zero attached hydrogens (tertiary/aromatic N) is 1. The standard InChI is InChI=1S/C36H50N2O2.BrH/c1-4-5-6-7-8-9-10-11-12-13-14-17-25-40-34-21-18-19-32(26-34)27-36(39)37-35-22-16-15-20-33(35)29-38-24-23-30(2)31(3)28-38;/h15-16,18-24,26,28H,4-14,17,25,27,29H2,1-3H3;1H. The molecule has 0 spiro atoms. The van der Waals surface area contributed by atoms with Crippen molar-refractivity contribution in [1.82, 2.24) is 0 Å². The molecule has 0 fully saturated rings. The van der Waals surface area contributed by atoms with Crippen molar-refractivity contribution in [2.45, 2.75) is 111 Å². The highest BCUT2D eigenvalue weighted by Gasteiger charge is 2.12. The van der Waals surface area contributed by atoms with Gasteiger partial charge in [-0.2, -0.15) is 0 Å². The van der Waals surface area contributed by atoms with E-state index < -0.39 is 0 Å². The molecular weight excluding hydrogens is 572 g/mol. The molecule has 2 aromatic carbocycles. The van der Waals surface area contributed by atoms with Crippen LogP contribution in [-0.4, -0.2) is 12.5 Å². The summed E-state index contributed by atoms with van der Waals surface area (Å²) >= 11 is 0. The van der Waals surface area contributed by atoms with Crippen molar-refractivity contribution in [3.05, 3.63) is 89.2 Å². The summed E-state index contributed by atoms with van der Waals surface area (Å²) in [5, 5.41) is 3.13. The lowest BCUT2D eigenvalue weighted by Gasteiger charge is -2.11. The number of halogens is 1. The van der Waals surface area contributed by atoms with Crippen molar-refractivity contribution in [2.75, 3.05) is 11.9 Å². The van der Waals surface area contributed by atoms with Gasteiger partial charge < -0.3 is 27.0 Å². The minimum Gasteiger partial charge on any atom is -1.00 e. The summed E-state index contributed by atoms with van der Waals surface area (Å²) in [6.07, 6.45) is 20.6. The highest BCUT2D eigenvalue weighted by Crippen LogP contribution is 2.18. The van der Waals surface area contributed by atoms with Crippen molar-refractivity contribution < 1.29 is 31.1 Å². The number of ether oxygens (including phenoxy) is 1. The van der Waals surface area contributed by atoms with E-state index >= 15 is 0 Å². The fraction of sp³-hybridized carbons (Fsp3) is 0.500. The van der Waals surface area contributed by atoms with Crippen molar-refractivity contribution in [3.63, 3.8) is 0 Å². The average Bonchev–Trinajstić information content (AvgIpc) is 2.94. The number of aryl methyl sites for hydroxylation is 2. The maximum Gasteiger partial charge on any atom is 0.228 e. The molecule has 0 saturated heterocycles. The molecule has 0 aliphatic carbocycles. The molecule has 0 radical (unpaired) electrons. The summed E-state index contributed by atoms with van der Waals surface area (Å²) < 4.78 is 8.16. The van der Waals surface area contributed by atoms with E-state index in [1.54, 1.807) is 0 Å². The zero-order valence-corrected chi connectivity index (χ0v) is 27.2. The van der Waals surface area contributed by atoms with Crippen LogP contribution in [0.1, 0.15) is 106 Å². The Morgan fingerprint density at radius 3 is 2.12 bits per heavy atom. The molecule has 5 heteroatoms. The first-order chi connectivity index (χ1) is 19.5. The number of hydrogen-bond donors (Lipinski definition) is 1. The molecule has 0 bridgehead atoms. The summed E-state index contributed by atoms with van der Waals surface area (Å²) in [7, 11) is 0. The van der Waals surface area contributed by atoms with Gasteiger partial charge in [0.05, 0.1) is 18.7 Å². The van der Waals surface area contributed by atoms with Crippen molar-refractivity contribution >= 4 is 11.6 Å². The third-order valence-electron chi connectivity index (χ3n) is 7.67. The summed E-state index contributed by atoms with van der Waals surface area (Å²) in [6.45, 7) is 7.96. The van der Waals surface area contributed by atoms with Crippen molar-refractivity contribution in [2.24, 2.45) is 0 Å². The van der Waals surface area contributed by atoms with Gasteiger partial charge in [0, 0.05) is 17.2 Å². The molecule has 41 heavy (non-hydrogen) atoms. The number of benzene rings is 2. The van der Waals surface area contributed by atoms with Gasteiger partial charge in [0.25, 0.3) is 0 Å². The second-order valence-corrected chi connectivity index (χ2v) is 11.3. The molecule has 1 amide bonds. The number of unbranched alkanes of at least 4 members (excludes halogenated alkanes) is 11. The lowest BCUT2D eigenvalue weighted by molar-refractivity contribution is -0.688. The zero-order chi connectivity index (χ0) is 28.4. The Bertz CT molecular complexity index is 1160. The molecular formula is C36H51BrN2O2. The molecule has 4 nitrogen and oxygen atoms in total. The maximum absolute atomic E-state index is 12.9. The Labute approximate surface area is 259 Å². The van der Waals surface area contributed by atoms with E-state index in [1.165, 1.54) is 81.8 Å². The van der Waals surface area contributed by atoms with E-state index in [-0.39, 0.29) is 22.9 Å². The predicted octanol–water partition coefficient (Wildman–Crippen LogP) is 5.90. The summed E-state index contributed by atoms with van der Waals surface area (Å²) in [5.74, 6) is 0.829. The zero-order valence-electron chi connectivity index (χ0n) is 25.6. The molecule has 0 aliphatic heterocycles. The molecule has 3 aromatic rings. The van der Waals surface area contributed by atoms with Gasteiger partial charge in [0.2, 0.25) is 5.91 Å². The Hall–Kier alpha value is -2.66. The Balaban J connectivity index is 0.00000588. The number of amides is 1. The van der Waals surface area contributed by atoms with Crippen LogP contribution in [0.15, 0.2) is 67.0 Å². The number of anilines is 1. The first-order valence-electron chi connectivity index (χ1n) is 15.6. The summed E-state index contributed by atoms with van der Waals surface area (Å²) in [4.78, 5) is 12.9. The summed E-state index contributed by atoms with van der Waals surface area (Å²) in [6, 6.07) is 18.1. The van der Waals surface area contributed by atoms with Crippen LogP contribution in [0.4, 0.5) is 5.69 Å². The van der Waals surface area contributed by atoms with Crippen LogP contribution in [0.3, 0.4) is 0 Å². The van der Waals surface area contributed by atoms with Gasteiger partial charge >= 0.3 is 0 Å². The Kier molecular flexibility index (Phi) is 17.1. The van der Waals surface area contributed by atoms with Crippen LogP contribution in [0.5, 0.6) is 5.75 Å². The predicted molar refractivity (Wildman–Crippen MR) is 167 cm³/mol. The molecule has 0 unspecified atom stereocenters. The largest absolute Gasteiger partial charge is 1.00 e. The maximum atomic E-state index is 12.9. The number of hydrogen-bond acceptors (Lipinski definition) is 2. The minimum atomic E-state index is -0.0179. The third kappa shape index (κ3) is 13.7. The van der Waals surface area contributed by atoms with Gasteiger partial charge in [0.1, 0.15) is 5.75 Å². The molecule has 0 saturated carbocycles. The van der Waals surface area contributed by atoms with E-state index in [0.29, 0.717) is 13.0 Å². The summed E-state index contributed by atoms with van der Waals surface area (Å²) in [5.41, 5.74) is 5.44. The number of rotatable bonds is 19. The normalized spacial score (nSPS) is 10.7. The third-order valence-corrected chi connectivity index (χ3v) is 7.67. The second kappa shape index (κ2) is 20.3. The number of aromatic nitrogens is 1. The quantitative estimate of drug-likeness (QED) is 0.133. The van der Waals surface area contributed by atoms with Gasteiger partial charge in [-0.3, -0.25) is 4.79 Å². The fourth-order valence-corrected chi connectivity index (χ4v) is 5.07. The molecule has 1 aromatic heterocycles. The van der Waals surface area contributed by atoms with Crippen LogP contribution >= 0.6 is 0 Å². The molecule has 1 heterocycles. The number of nitrogens with one attached hydrogen (secondary N) is 1. The van der Waals surface area contributed by atoms with Gasteiger partial charge in [-0.25, -0.2) is 4.57 Å². The lowest BCUT2D eigenvalue weighted by Crippen LogP contribution is -3.00. The highest BCUT2D eigenvalue weighted by atomic mass is 79.9. The average molecular weight is 624 g/mol. The molecule has 0 atom stereocenters. The smallest absolute Gasteiger partial charge is 0.228 e. The van der Waals surface area contributed by atoms with E-state index in [4.69, 9.17) is 4.74 Å². The fourth-order valence-electron chi connectivity index (χ4n) is 5.07. The van der Waals surface area contributed by atoms with Gasteiger partial charge in [-0.05, 0) is 49.6 Å². The number of pyridine rings is 1. The van der Waals surface area contributed by atoms with Crippen LogP contribution in [0, 0.1) is 13.8 Å². The SMILES string of the molecule is CCCCCCCCCCCCCCOc1cccc(CC(=O)Nc2ccccc2C[n+]2ccc(C)c(C)c2)c1.[Br-]. The topological polar surface area (TPSA) is 42.2 Å². The van der Waals surface area contributed by atoms with Gasteiger partial charge in [-0.1, -0.05) is 108 Å². The van der Waals surface area contributed by atoms with E-state index in [1.807, 2.05) is 42.5 Å². The Morgan fingerprint density at radius 2 is 1.44 bits per heavy atom. The van der Waals surface area contributed by atoms with Crippen LogP contribution < -0.4 is 31.6 Å². The van der Waals surface area contributed by atoms with Gasteiger partial charge in [0.15, 0.2) is 18.9 Å². The second-order valence-electron chi connectivity index (χ2n) is 11.3. The van der Waals surface area contributed by atoms with E-state index in [9.17, 15) is 4.79 Å². The lowest BCUT2D eigenvalue weighted by atomic mass is 10.1. The molecule has 1 N–H and O–H groups in total. The number of carbonyl (C=O) groups excluding carboxylic acids is 1. The first kappa shape index (κ1) is 34.5. The number of carbonyl (C=O) groups is 1. The minimum absolute atomic E-state index is 0. The molecule has 224 valence electrons.